The average molecular weight is 646 g/mol. The molecule has 0 spiro atoms. The maximum Gasteiger partial charge on any atom is 0.355 e. The summed E-state index contributed by atoms with van der Waals surface area (Å²) in [5.41, 5.74) is 1.58. The third-order valence-corrected chi connectivity index (χ3v) is 7.66. The number of anilines is 2. The monoisotopic (exact) mass is 645 g/mol. The molecule has 0 N–H and O–H groups in total. The first kappa shape index (κ1) is 31.4. The van der Waals surface area contributed by atoms with Crippen LogP contribution in [0.25, 0.3) is 17.5 Å². The van der Waals surface area contributed by atoms with Crippen molar-refractivity contribution in [3.63, 3.8) is 0 Å². The first-order valence-corrected chi connectivity index (χ1v) is 14.7. The summed E-state index contributed by atoms with van der Waals surface area (Å²) in [6.07, 6.45) is 4.69. The van der Waals surface area contributed by atoms with Crippen LogP contribution in [0, 0.1) is 0 Å². The van der Waals surface area contributed by atoms with Crippen molar-refractivity contribution >= 4 is 29.4 Å². The van der Waals surface area contributed by atoms with Crippen LogP contribution in [-0.4, -0.2) is 54.7 Å². The molecule has 48 heavy (non-hydrogen) atoms. The van der Waals surface area contributed by atoms with E-state index in [4.69, 9.17) is 18.9 Å². The van der Waals surface area contributed by atoms with Crippen LogP contribution in [0.3, 0.4) is 0 Å². The number of aromatic nitrogens is 3. The summed E-state index contributed by atoms with van der Waals surface area (Å²) in [6.45, 7) is 0. The quantitative estimate of drug-likeness (QED) is 0.142. The molecule has 5 aromatic rings. The van der Waals surface area contributed by atoms with Gasteiger partial charge in [0, 0.05) is 0 Å². The van der Waals surface area contributed by atoms with E-state index in [-0.39, 0.29) is 11.5 Å². The predicted octanol–water partition coefficient (Wildman–Crippen LogP) is 5.63. The highest BCUT2D eigenvalue weighted by atomic mass is 16.5. The second-order valence-corrected chi connectivity index (χ2v) is 10.3. The maximum absolute atomic E-state index is 13.9. The van der Waals surface area contributed by atoms with Gasteiger partial charge in [0.1, 0.15) is 28.7 Å². The van der Waals surface area contributed by atoms with Crippen molar-refractivity contribution < 1.29 is 28.5 Å². The van der Waals surface area contributed by atoms with Crippen molar-refractivity contribution in [2.24, 2.45) is 0 Å². The van der Waals surface area contributed by atoms with E-state index in [9.17, 15) is 14.4 Å². The van der Waals surface area contributed by atoms with Crippen molar-refractivity contribution in [2.75, 3.05) is 38.2 Å². The fraction of sp³-hybridized carbons (Fsp3) is 0.111. The summed E-state index contributed by atoms with van der Waals surface area (Å²) in [6, 6.07) is 26.7. The van der Waals surface area contributed by atoms with E-state index < -0.39 is 17.6 Å². The number of rotatable bonds is 10. The van der Waals surface area contributed by atoms with Crippen LogP contribution in [0.15, 0.2) is 120 Å². The molecule has 0 bridgehead atoms. The molecule has 6 rings (SSSR count). The molecule has 0 atom stereocenters. The summed E-state index contributed by atoms with van der Waals surface area (Å²) >= 11 is 0. The highest BCUT2D eigenvalue weighted by Gasteiger charge is 2.42. The van der Waals surface area contributed by atoms with E-state index in [0.29, 0.717) is 45.7 Å². The van der Waals surface area contributed by atoms with Crippen molar-refractivity contribution in [3.8, 4) is 34.4 Å². The van der Waals surface area contributed by atoms with E-state index in [1.807, 2.05) is 0 Å². The Balaban J connectivity index is 1.43. The van der Waals surface area contributed by atoms with Crippen LogP contribution >= 0.6 is 0 Å². The standard InChI is InChI=1S/C36H31N5O7/c1-45-28-16-8-24(9-17-28)38-32(34(42)40(35(38)43)26-12-20-30(47-3)21-13-26)6-5-7-33-37-41(27-14-22-31(48-4)23-15-27)36(44)39(33)25-10-18-29(46-2)19-11-25/h5-23H,1-4H3/b7-5+,32-6+. The summed E-state index contributed by atoms with van der Waals surface area (Å²) in [5, 5.41) is 4.61. The van der Waals surface area contributed by atoms with E-state index in [2.05, 4.69) is 5.10 Å². The minimum atomic E-state index is -0.561. The van der Waals surface area contributed by atoms with Gasteiger partial charge in [0.25, 0.3) is 5.91 Å². The number of imide groups is 1. The fourth-order valence-corrected chi connectivity index (χ4v) is 5.17. The molecule has 4 aromatic carbocycles. The highest BCUT2D eigenvalue weighted by molar-refractivity contribution is 6.34. The summed E-state index contributed by atoms with van der Waals surface area (Å²) in [7, 11) is 6.20. The first-order valence-electron chi connectivity index (χ1n) is 14.7. The predicted molar refractivity (Wildman–Crippen MR) is 181 cm³/mol. The molecular formula is C36H31N5O7. The van der Waals surface area contributed by atoms with Gasteiger partial charge < -0.3 is 18.9 Å². The Kier molecular flexibility index (Phi) is 8.79. The van der Waals surface area contributed by atoms with Crippen molar-refractivity contribution in [1.29, 1.82) is 0 Å². The highest BCUT2D eigenvalue weighted by Crippen LogP contribution is 2.34. The Hall–Kier alpha value is -6.56. The summed E-state index contributed by atoms with van der Waals surface area (Å²) < 4.78 is 23.8. The molecule has 1 aromatic heterocycles. The zero-order chi connectivity index (χ0) is 33.8. The van der Waals surface area contributed by atoms with Gasteiger partial charge in [-0.1, -0.05) is 6.08 Å². The van der Waals surface area contributed by atoms with Crippen LogP contribution in [0.2, 0.25) is 0 Å². The van der Waals surface area contributed by atoms with Crippen LogP contribution in [0.4, 0.5) is 16.2 Å². The van der Waals surface area contributed by atoms with Crippen molar-refractivity contribution in [3.05, 3.63) is 131 Å². The number of ether oxygens (including phenoxy) is 4. The average Bonchev–Trinajstić information content (AvgIpc) is 3.59. The molecule has 12 heteroatoms. The maximum atomic E-state index is 13.9. The molecule has 242 valence electrons. The van der Waals surface area contributed by atoms with Gasteiger partial charge in [-0.15, -0.1) is 5.10 Å². The number of carbonyl (C=O) groups is 2. The Labute approximate surface area is 275 Å². The molecular weight excluding hydrogens is 614 g/mol. The lowest BCUT2D eigenvalue weighted by molar-refractivity contribution is -0.113. The SMILES string of the molecule is COc1ccc(N2C(=O)/C(=C\C=C\c3nn(-c4ccc(OC)cc4)c(=O)n3-c3ccc(OC)cc3)N(c3ccc(OC)cc3)C2=O)cc1. The molecule has 12 nitrogen and oxygen atoms in total. The minimum absolute atomic E-state index is 0.0881. The fourth-order valence-electron chi connectivity index (χ4n) is 5.17. The van der Waals surface area contributed by atoms with Gasteiger partial charge in [-0.25, -0.2) is 19.1 Å². The number of carbonyl (C=O) groups excluding carboxylic acids is 2. The summed E-state index contributed by atoms with van der Waals surface area (Å²) in [4.78, 5) is 43.9. The van der Waals surface area contributed by atoms with E-state index >= 15 is 0 Å². The number of urea groups is 1. The molecule has 0 radical (unpaired) electrons. The number of benzene rings is 4. The molecule has 1 fully saturated rings. The number of allylic oxidation sites excluding steroid dienone is 2. The number of nitrogens with zero attached hydrogens (tertiary/aromatic N) is 5. The number of methoxy groups -OCH3 is 4. The zero-order valence-electron chi connectivity index (χ0n) is 26.6. The Morgan fingerprint density at radius 2 is 0.958 bits per heavy atom. The van der Waals surface area contributed by atoms with Crippen LogP contribution in [0.5, 0.6) is 23.0 Å². The van der Waals surface area contributed by atoms with Gasteiger partial charge in [0.05, 0.1) is 51.2 Å². The van der Waals surface area contributed by atoms with E-state index in [0.717, 1.165) is 4.90 Å². The van der Waals surface area contributed by atoms with Gasteiger partial charge >= 0.3 is 11.7 Å². The zero-order valence-corrected chi connectivity index (χ0v) is 26.6. The van der Waals surface area contributed by atoms with E-state index in [1.54, 1.807) is 131 Å². The lowest BCUT2D eigenvalue weighted by Gasteiger charge is -2.17. The van der Waals surface area contributed by atoms with Crippen LogP contribution in [0.1, 0.15) is 5.82 Å². The van der Waals surface area contributed by atoms with Gasteiger partial charge in [-0.05, 0) is 109 Å². The smallest absolute Gasteiger partial charge is 0.355 e. The Morgan fingerprint density at radius 1 is 0.542 bits per heavy atom. The molecule has 0 unspecified atom stereocenters. The Morgan fingerprint density at radius 3 is 1.42 bits per heavy atom. The summed E-state index contributed by atoms with van der Waals surface area (Å²) in [5.74, 6) is 2.17. The lowest BCUT2D eigenvalue weighted by atomic mass is 10.2. The minimum Gasteiger partial charge on any atom is -0.497 e. The van der Waals surface area contributed by atoms with Crippen LogP contribution in [-0.2, 0) is 4.79 Å². The van der Waals surface area contributed by atoms with Gasteiger partial charge in [-0.2, -0.15) is 4.68 Å². The third kappa shape index (κ3) is 5.89. The Bertz CT molecular complexity index is 2060. The van der Waals surface area contributed by atoms with Gasteiger partial charge in [0.2, 0.25) is 0 Å². The molecule has 0 saturated carbocycles. The second-order valence-electron chi connectivity index (χ2n) is 10.3. The molecule has 1 saturated heterocycles. The molecule has 1 aliphatic rings. The largest absolute Gasteiger partial charge is 0.497 e. The van der Waals surface area contributed by atoms with Gasteiger partial charge in [-0.3, -0.25) is 9.69 Å². The number of amides is 3. The number of hydrogen-bond donors (Lipinski definition) is 0. The van der Waals surface area contributed by atoms with Crippen molar-refractivity contribution in [1.82, 2.24) is 14.3 Å². The molecule has 1 aliphatic heterocycles. The molecule has 0 aliphatic carbocycles. The molecule has 3 amide bonds. The second kappa shape index (κ2) is 13.4. The normalized spacial score (nSPS) is 13.9. The third-order valence-electron chi connectivity index (χ3n) is 7.66. The molecule has 2 heterocycles. The number of hydrogen-bond acceptors (Lipinski definition) is 8. The van der Waals surface area contributed by atoms with Gasteiger partial charge in [0.15, 0.2) is 5.82 Å². The lowest BCUT2D eigenvalue weighted by Crippen LogP contribution is -2.32. The topological polar surface area (TPSA) is 117 Å². The first-order chi connectivity index (χ1) is 23.4. The van der Waals surface area contributed by atoms with E-state index in [1.165, 1.54) is 27.3 Å². The van der Waals surface area contributed by atoms with Crippen molar-refractivity contribution in [2.45, 2.75) is 0 Å². The van der Waals surface area contributed by atoms with Crippen LogP contribution < -0.4 is 34.4 Å².